The first-order chi connectivity index (χ1) is 6.44. The van der Waals surface area contributed by atoms with Crippen molar-refractivity contribution in [1.82, 2.24) is 10.9 Å². The van der Waals surface area contributed by atoms with Gasteiger partial charge in [0.05, 0.1) is 23.7 Å². The van der Waals surface area contributed by atoms with Gasteiger partial charge in [-0.2, -0.15) is 0 Å². The van der Waals surface area contributed by atoms with E-state index in [2.05, 4.69) is 10.9 Å². The van der Waals surface area contributed by atoms with Crippen molar-refractivity contribution >= 4 is 15.7 Å². The van der Waals surface area contributed by atoms with E-state index in [4.69, 9.17) is 0 Å². The van der Waals surface area contributed by atoms with Crippen LogP contribution in [-0.4, -0.2) is 43.1 Å². The molecule has 0 aliphatic carbocycles. The van der Waals surface area contributed by atoms with E-state index < -0.39 is 22.0 Å². The lowest BCUT2D eigenvalue weighted by atomic mass is 10.2. The van der Waals surface area contributed by atoms with Crippen LogP contribution in [-0.2, 0) is 14.6 Å². The molecule has 0 saturated carbocycles. The molecular weight excluding hydrogens is 208 g/mol. The average molecular weight is 222 g/mol. The van der Waals surface area contributed by atoms with Gasteiger partial charge in [0, 0.05) is 6.42 Å². The molecular formula is C7H14N2O4S. The number of carbonyl (C=O) groups excluding carboxylic acids is 1. The van der Waals surface area contributed by atoms with E-state index in [1.807, 2.05) is 0 Å². The molecule has 0 aromatic rings. The third-order valence-corrected chi connectivity index (χ3v) is 3.76. The van der Waals surface area contributed by atoms with Gasteiger partial charge in [-0.15, -0.1) is 0 Å². The van der Waals surface area contributed by atoms with Crippen molar-refractivity contribution in [3.05, 3.63) is 0 Å². The first kappa shape index (κ1) is 11.4. The molecule has 1 aliphatic heterocycles. The number of aliphatic hydroxyl groups excluding tert-OH is 1. The first-order valence-electron chi connectivity index (χ1n) is 4.37. The van der Waals surface area contributed by atoms with Crippen molar-refractivity contribution in [3.8, 4) is 0 Å². The topological polar surface area (TPSA) is 95.5 Å². The maximum atomic E-state index is 11.1. The summed E-state index contributed by atoms with van der Waals surface area (Å²) in [6.07, 6.45) is -0.639. The van der Waals surface area contributed by atoms with Crippen LogP contribution in [0.15, 0.2) is 0 Å². The van der Waals surface area contributed by atoms with Crippen LogP contribution >= 0.6 is 0 Å². The third kappa shape index (κ3) is 2.93. The fraction of sp³-hybridized carbons (Fsp3) is 0.857. The number of nitrogens with one attached hydrogen (secondary N) is 2. The van der Waals surface area contributed by atoms with Crippen molar-refractivity contribution in [2.75, 3.05) is 11.5 Å². The first-order valence-corrected chi connectivity index (χ1v) is 6.19. The molecule has 14 heavy (non-hydrogen) atoms. The number of carbonyl (C=O) groups is 1. The zero-order valence-corrected chi connectivity index (χ0v) is 8.67. The standard InChI is InChI=1S/C7H14N2O4S/c1-2-7(11)9-8-5-3-14(12,13)4-6(5)10/h5-6,8,10H,2-4H2,1H3,(H,9,11). The highest BCUT2D eigenvalue weighted by Gasteiger charge is 2.36. The number of amides is 1. The van der Waals surface area contributed by atoms with Crippen LogP contribution in [0.5, 0.6) is 0 Å². The summed E-state index contributed by atoms with van der Waals surface area (Å²) in [6.45, 7) is 1.68. The van der Waals surface area contributed by atoms with Gasteiger partial charge < -0.3 is 5.11 Å². The summed E-state index contributed by atoms with van der Waals surface area (Å²) in [5.41, 5.74) is 4.84. The van der Waals surface area contributed by atoms with Crippen LogP contribution in [0.25, 0.3) is 0 Å². The highest BCUT2D eigenvalue weighted by Crippen LogP contribution is 2.11. The number of hydrazine groups is 1. The number of aliphatic hydroxyl groups is 1. The van der Waals surface area contributed by atoms with Gasteiger partial charge in [-0.25, -0.2) is 13.8 Å². The summed E-state index contributed by atoms with van der Waals surface area (Å²) in [6, 6.07) is -0.601. The smallest absolute Gasteiger partial charge is 0.233 e. The molecule has 1 rings (SSSR count). The van der Waals surface area contributed by atoms with E-state index in [0.717, 1.165) is 0 Å². The predicted molar refractivity (Wildman–Crippen MR) is 50.0 cm³/mol. The molecule has 0 spiro atoms. The van der Waals surface area contributed by atoms with Crippen LogP contribution < -0.4 is 10.9 Å². The zero-order chi connectivity index (χ0) is 10.8. The van der Waals surface area contributed by atoms with Gasteiger partial charge in [0.25, 0.3) is 0 Å². The second-order valence-corrected chi connectivity index (χ2v) is 5.45. The van der Waals surface area contributed by atoms with Crippen molar-refractivity contribution in [2.24, 2.45) is 0 Å². The maximum absolute atomic E-state index is 11.1. The predicted octanol–water partition coefficient (Wildman–Crippen LogP) is -1.82. The minimum absolute atomic E-state index is 0.141. The fourth-order valence-corrected chi connectivity index (χ4v) is 2.97. The molecule has 2 atom stereocenters. The summed E-state index contributed by atoms with van der Waals surface area (Å²) in [4.78, 5) is 10.8. The summed E-state index contributed by atoms with van der Waals surface area (Å²) >= 11 is 0. The van der Waals surface area contributed by atoms with Gasteiger partial charge >= 0.3 is 0 Å². The van der Waals surface area contributed by atoms with Gasteiger partial charge in [-0.3, -0.25) is 10.2 Å². The van der Waals surface area contributed by atoms with Crippen molar-refractivity contribution in [1.29, 1.82) is 0 Å². The van der Waals surface area contributed by atoms with Crippen molar-refractivity contribution in [2.45, 2.75) is 25.5 Å². The summed E-state index contributed by atoms with van der Waals surface area (Å²) in [5.74, 6) is -0.619. The van der Waals surface area contributed by atoms with E-state index >= 15 is 0 Å². The number of hydrogen-bond donors (Lipinski definition) is 3. The van der Waals surface area contributed by atoms with Crippen molar-refractivity contribution < 1.29 is 18.3 Å². The highest BCUT2D eigenvalue weighted by atomic mass is 32.2. The van der Waals surface area contributed by atoms with E-state index in [-0.39, 0.29) is 17.4 Å². The average Bonchev–Trinajstić information content (AvgIpc) is 2.35. The van der Waals surface area contributed by atoms with E-state index in [0.29, 0.717) is 6.42 Å². The van der Waals surface area contributed by atoms with E-state index in [1.165, 1.54) is 0 Å². The Hall–Kier alpha value is -0.660. The molecule has 2 unspecified atom stereocenters. The largest absolute Gasteiger partial charge is 0.390 e. The normalized spacial score (nSPS) is 30.1. The quantitative estimate of drug-likeness (QED) is 0.488. The lowest BCUT2D eigenvalue weighted by molar-refractivity contribution is -0.122. The molecule has 6 nitrogen and oxygen atoms in total. The van der Waals surface area contributed by atoms with E-state index in [9.17, 15) is 18.3 Å². The van der Waals surface area contributed by atoms with Gasteiger partial charge in [0.15, 0.2) is 9.84 Å². The molecule has 1 saturated heterocycles. The molecule has 1 heterocycles. The van der Waals surface area contributed by atoms with Crippen LogP contribution in [0.2, 0.25) is 0 Å². The lowest BCUT2D eigenvalue weighted by Crippen LogP contribution is -2.49. The maximum Gasteiger partial charge on any atom is 0.233 e. The van der Waals surface area contributed by atoms with Gasteiger partial charge in [0.2, 0.25) is 5.91 Å². The molecule has 1 aliphatic rings. The molecule has 3 N–H and O–H groups in total. The Morgan fingerprint density at radius 3 is 2.57 bits per heavy atom. The third-order valence-electron chi connectivity index (χ3n) is 2.04. The zero-order valence-electron chi connectivity index (χ0n) is 7.86. The van der Waals surface area contributed by atoms with Gasteiger partial charge in [0.1, 0.15) is 0 Å². The Labute approximate surface area is 82.6 Å². The second-order valence-electron chi connectivity index (χ2n) is 3.30. The SMILES string of the molecule is CCC(=O)NNC1CS(=O)(=O)CC1O. The molecule has 82 valence electrons. The van der Waals surface area contributed by atoms with E-state index in [1.54, 1.807) is 6.92 Å². The minimum atomic E-state index is -3.16. The Balaban J connectivity index is 2.44. The molecule has 0 aromatic carbocycles. The van der Waals surface area contributed by atoms with Gasteiger partial charge in [-0.05, 0) is 0 Å². The molecule has 0 aromatic heterocycles. The van der Waals surface area contributed by atoms with Gasteiger partial charge in [-0.1, -0.05) is 6.92 Å². The minimum Gasteiger partial charge on any atom is -0.390 e. The molecule has 1 fully saturated rings. The fourth-order valence-electron chi connectivity index (χ4n) is 1.23. The molecule has 1 amide bonds. The number of sulfone groups is 1. The highest BCUT2D eigenvalue weighted by molar-refractivity contribution is 7.91. The Kier molecular flexibility index (Phi) is 3.46. The Morgan fingerprint density at radius 2 is 2.14 bits per heavy atom. The Bertz CT molecular complexity index is 314. The number of rotatable bonds is 3. The number of hydrogen-bond acceptors (Lipinski definition) is 5. The summed E-state index contributed by atoms with van der Waals surface area (Å²) in [5, 5.41) is 9.32. The van der Waals surface area contributed by atoms with Crippen LogP contribution in [0.1, 0.15) is 13.3 Å². The lowest BCUT2D eigenvalue weighted by Gasteiger charge is -2.14. The monoisotopic (exact) mass is 222 g/mol. The van der Waals surface area contributed by atoms with Crippen LogP contribution in [0.3, 0.4) is 0 Å². The van der Waals surface area contributed by atoms with Crippen LogP contribution in [0, 0.1) is 0 Å². The van der Waals surface area contributed by atoms with Crippen molar-refractivity contribution in [3.63, 3.8) is 0 Å². The molecule has 0 bridgehead atoms. The summed E-state index contributed by atoms with van der Waals surface area (Å²) in [7, 11) is -3.16. The molecule has 0 radical (unpaired) electrons. The Morgan fingerprint density at radius 1 is 1.50 bits per heavy atom. The molecule has 7 heteroatoms. The second kappa shape index (κ2) is 4.24. The summed E-state index contributed by atoms with van der Waals surface area (Å²) < 4.78 is 22.1. The van der Waals surface area contributed by atoms with Crippen LogP contribution in [0.4, 0.5) is 0 Å².